The Hall–Kier alpha value is -2.76. The Bertz CT molecular complexity index is 975. The van der Waals surface area contributed by atoms with Crippen LogP contribution in [0, 0.1) is 35.0 Å². The van der Waals surface area contributed by atoms with Crippen LogP contribution in [-0.4, -0.2) is 48.9 Å². The molecule has 4 rings (SSSR count). The van der Waals surface area contributed by atoms with Crippen molar-refractivity contribution in [2.45, 2.75) is 51.7 Å². The topological polar surface area (TPSA) is 76.4 Å². The van der Waals surface area contributed by atoms with Gasteiger partial charge in [-0.05, 0) is 55.7 Å². The second-order valence-corrected chi connectivity index (χ2v) is 10.1. The van der Waals surface area contributed by atoms with Gasteiger partial charge in [0.2, 0.25) is 11.8 Å². The number of benzene rings is 1. The molecular formula is C25H31F3N4O2. The van der Waals surface area contributed by atoms with E-state index >= 15 is 0 Å². The summed E-state index contributed by atoms with van der Waals surface area (Å²) >= 11 is 0. The molecule has 2 atom stereocenters. The van der Waals surface area contributed by atoms with E-state index in [1.165, 1.54) is 12.1 Å². The highest BCUT2D eigenvalue weighted by Gasteiger charge is 2.44. The number of piperidine rings is 1. The van der Waals surface area contributed by atoms with E-state index in [4.69, 9.17) is 5.26 Å². The molecule has 0 radical (unpaired) electrons. The highest BCUT2D eigenvalue weighted by molar-refractivity contribution is 5.81. The smallest absolute Gasteiger partial charge is 0.370 e. The summed E-state index contributed by atoms with van der Waals surface area (Å²) in [5.41, 5.74) is -0.974. The summed E-state index contributed by atoms with van der Waals surface area (Å²) < 4.78 is 40.6. The van der Waals surface area contributed by atoms with Crippen molar-refractivity contribution < 1.29 is 22.8 Å². The van der Waals surface area contributed by atoms with Crippen LogP contribution in [0.1, 0.15) is 50.7 Å². The standard InChI is InChI=1S/C25H31F3N4O2/c1-15(2)24(34)31-9-7-16(8-10-31)20-13-32(14-21(20)23(33)30-18-4-5-18)19-6-3-17(12-29)22(11-19)25(26,27)28/h3,6,11,15-16,18,20-21H,4-5,7-10,13-14H2,1-2H3,(H,30,33)/t20-,21+/m0/s1. The van der Waals surface area contributed by atoms with Crippen molar-refractivity contribution in [2.24, 2.45) is 23.7 Å². The lowest BCUT2D eigenvalue weighted by Gasteiger charge is -2.37. The first kappa shape index (κ1) is 24.4. The minimum absolute atomic E-state index is 0.0000297. The summed E-state index contributed by atoms with van der Waals surface area (Å²) in [5.74, 6) is -0.0541. The summed E-state index contributed by atoms with van der Waals surface area (Å²) in [5, 5.41) is 12.2. The summed E-state index contributed by atoms with van der Waals surface area (Å²) in [7, 11) is 0. The maximum atomic E-state index is 13.5. The van der Waals surface area contributed by atoms with Crippen LogP contribution in [0.15, 0.2) is 18.2 Å². The van der Waals surface area contributed by atoms with Gasteiger partial charge in [0.1, 0.15) is 0 Å². The Morgan fingerprint density at radius 3 is 2.35 bits per heavy atom. The fourth-order valence-corrected chi connectivity index (χ4v) is 5.30. The largest absolute Gasteiger partial charge is 0.417 e. The molecule has 2 amide bonds. The van der Waals surface area contributed by atoms with E-state index in [2.05, 4.69) is 5.32 Å². The van der Waals surface area contributed by atoms with Gasteiger partial charge in [0.15, 0.2) is 0 Å². The molecule has 3 fully saturated rings. The summed E-state index contributed by atoms with van der Waals surface area (Å²) in [6.45, 7) is 5.88. The van der Waals surface area contributed by atoms with E-state index in [9.17, 15) is 22.8 Å². The first-order chi connectivity index (χ1) is 16.1. The third kappa shape index (κ3) is 5.16. The molecule has 34 heavy (non-hydrogen) atoms. The third-order valence-corrected chi connectivity index (χ3v) is 7.37. The highest BCUT2D eigenvalue weighted by atomic mass is 19.4. The minimum Gasteiger partial charge on any atom is -0.370 e. The molecule has 1 aromatic rings. The Morgan fingerprint density at radius 1 is 1.12 bits per heavy atom. The van der Waals surface area contributed by atoms with Gasteiger partial charge >= 0.3 is 6.18 Å². The number of hydrogen-bond donors (Lipinski definition) is 1. The zero-order valence-electron chi connectivity index (χ0n) is 19.6. The normalized spacial score (nSPS) is 23.8. The highest BCUT2D eigenvalue weighted by Crippen LogP contribution is 2.40. The van der Waals surface area contributed by atoms with Crippen LogP contribution in [0.5, 0.6) is 0 Å². The third-order valence-electron chi connectivity index (χ3n) is 7.37. The van der Waals surface area contributed by atoms with E-state index in [-0.39, 0.29) is 41.5 Å². The van der Waals surface area contributed by atoms with Gasteiger partial charge in [0, 0.05) is 43.8 Å². The molecule has 1 aliphatic carbocycles. The Labute approximate surface area is 198 Å². The lowest BCUT2D eigenvalue weighted by molar-refractivity contribution is -0.138. The molecule has 1 saturated carbocycles. The van der Waals surface area contributed by atoms with Gasteiger partial charge in [-0.1, -0.05) is 13.8 Å². The van der Waals surface area contributed by atoms with Crippen molar-refractivity contribution in [3.05, 3.63) is 29.3 Å². The van der Waals surface area contributed by atoms with Crippen LogP contribution >= 0.6 is 0 Å². The van der Waals surface area contributed by atoms with Crippen molar-refractivity contribution >= 4 is 17.5 Å². The molecule has 0 spiro atoms. The molecule has 2 heterocycles. The summed E-state index contributed by atoms with van der Waals surface area (Å²) in [6.07, 6.45) is -1.13. The molecule has 1 N–H and O–H groups in total. The van der Waals surface area contributed by atoms with Crippen LogP contribution in [0.2, 0.25) is 0 Å². The number of carbonyl (C=O) groups excluding carboxylic acids is 2. The predicted octanol–water partition coefficient (Wildman–Crippen LogP) is 3.80. The molecule has 2 aliphatic heterocycles. The fraction of sp³-hybridized carbons (Fsp3) is 0.640. The number of nitrogens with zero attached hydrogens (tertiary/aromatic N) is 3. The first-order valence-electron chi connectivity index (χ1n) is 12.0. The van der Waals surface area contributed by atoms with Crippen molar-refractivity contribution in [3.63, 3.8) is 0 Å². The number of carbonyl (C=O) groups is 2. The summed E-state index contributed by atoms with van der Waals surface area (Å²) in [6, 6.07) is 5.61. The second kappa shape index (κ2) is 9.47. The predicted molar refractivity (Wildman–Crippen MR) is 121 cm³/mol. The molecule has 0 bridgehead atoms. The van der Waals surface area contributed by atoms with E-state index in [1.807, 2.05) is 23.6 Å². The SMILES string of the molecule is CC(C)C(=O)N1CCC([C@@H]2CN(c3ccc(C#N)c(C(F)(F)F)c3)C[C@H]2C(=O)NC2CC2)CC1. The van der Waals surface area contributed by atoms with Gasteiger partial charge in [-0.2, -0.15) is 18.4 Å². The number of nitrogens with one attached hydrogen (secondary N) is 1. The number of hydrogen-bond acceptors (Lipinski definition) is 4. The van der Waals surface area contributed by atoms with Crippen LogP contribution in [0.25, 0.3) is 0 Å². The zero-order valence-corrected chi connectivity index (χ0v) is 19.6. The Kier molecular flexibility index (Phi) is 6.79. The summed E-state index contributed by atoms with van der Waals surface area (Å²) in [4.78, 5) is 29.2. The molecule has 184 valence electrons. The lowest BCUT2D eigenvalue weighted by Crippen LogP contribution is -2.44. The van der Waals surface area contributed by atoms with Crippen LogP contribution in [0.3, 0.4) is 0 Å². The molecule has 1 aromatic carbocycles. The maximum Gasteiger partial charge on any atom is 0.417 e. The van der Waals surface area contributed by atoms with E-state index in [0.717, 1.165) is 31.7 Å². The van der Waals surface area contributed by atoms with Crippen molar-refractivity contribution in [1.29, 1.82) is 5.26 Å². The quantitative estimate of drug-likeness (QED) is 0.702. The maximum absolute atomic E-state index is 13.5. The number of anilines is 1. The number of halogens is 3. The molecule has 0 unspecified atom stereocenters. The molecule has 6 nitrogen and oxygen atoms in total. The number of alkyl halides is 3. The Morgan fingerprint density at radius 2 is 1.79 bits per heavy atom. The van der Waals surface area contributed by atoms with Crippen molar-refractivity contribution in [2.75, 3.05) is 31.1 Å². The van der Waals surface area contributed by atoms with Crippen LogP contribution < -0.4 is 10.2 Å². The molecular weight excluding hydrogens is 445 g/mol. The van der Waals surface area contributed by atoms with Gasteiger partial charge in [-0.3, -0.25) is 9.59 Å². The van der Waals surface area contributed by atoms with E-state index < -0.39 is 17.3 Å². The Balaban J connectivity index is 1.54. The van der Waals surface area contributed by atoms with Crippen LogP contribution in [0.4, 0.5) is 18.9 Å². The number of likely N-dealkylation sites (tertiary alicyclic amines) is 1. The van der Waals surface area contributed by atoms with Crippen molar-refractivity contribution in [3.8, 4) is 6.07 Å². The van der Waals surface area contributed by atoms with Crippen molar-refractivity contribution in [1.82, 2.24) is 10.2 Å². The number of rotatable bonds is 5. The minimum atomic E-state index is -4.63. The average Bonchev–Trinajstić information content (AvgIpc) is 3.51. The van der Waals surface area contributed by atoms with Gasteiger partial charge in [-0.15, -0.1) is 0 Å². The molecule has 3 aliphatic rings. The number of nitriles is 1. The van der Waals surface area contributed by atoms with Gasteiger partial charge in [-0.25, -0.2) is 0 Å². The average molecular weight is 477 g/mol. The number of amides is 2. The molecule has 9 heteroatoms. The monoisotopic (exact) mass is 476 g/mol. The first-order valence-corrected chi connectivity index (χ1v) is 12.0. The van der Waals surface area contributed by atoms with E-state index in [1.54, 1.807) is 6.07 Å². The van der Waals surface area contributed by atoms with Gasteiger partial charge in [0.05, 0.1) is 23.1 Å². The van der Waals surface area contributed by atoms with E-state index in [0.29, 0.717) is 31.9 Å². The van der Waals surface area contributed by atoms with Gasteiger partial charge in [0.25, 0.3) is 0 Å². The molecule has 2 saturated heterocycles. The second-order valence-electron chi connectivity index (χ2n) is 10.1. The van der Waals surface area contributed by atoms with Crippen LogP contribution in [-0.2, 0) is 15.8 Å². The molecule has 0 aromatic heterocycles. The lowest BCUT2D eigenvalue weighted by atomic mass is 9.78. The fourth-order valence-electron chi connectivity index (χ4n) is 5.30. The zero-order chi connectivity index (χ0) is 24.6. The van der Waals surface area contributed by atoms with Gasteiger partial charge < -0.3 is 15.1 Å².